The van der Waals surface area contributed by atoms with E-state index in [-0.39, 0.29) is 5.56 Å². The number of rotatable bonds is 6. The number of halogens is 3. The zero-order chi connectivity index (χ0) is 23.8. The lowest BCUT2D eigenvalue weighted by Gasteiger charge is -2.28. The first kappa shape index (κ1) is 23.4. The van der Waals surface area contributed by atoms with Crippen molar-refractivity contribution < 1.29 is 22.5 Å². The van der Waals surface area contributed by atoms with Crippen LogP contribution < -0.4 is 10.2 Å². The van der Waals surface area contributed by atoms with Crippen molar-refractivity contribution in [2.75, 3.05) is 41.4 Å². The number of alkyl halides is 2. The van der Waals surface area contributed by atoms with Crippen LogP contribution in [0.5, 0.6) is 0 Å². The highest BCUT2D eigenvalue weighted by molar-refractivity contribution is 7.85. The summed E-state index contributed by atoms with van der Waals surface area (Å²) < 4.78 is 54.5. The number of hydrogen-bond acceptors (Lipinski definition) is 7. The Morgan fingerprint density at radius 1 is 1.27 bits per heavy atom. The number of aryl methyl sites for hydroxylation is 1. The third-order valence-electron chi connectivity index (χ3n) is 5.75. The highest BCUT2D eigenvalue weighted by Crippen LogP contribution is 2.34. The van der Waals surface area contributed by atoms with Crippen LogP contribution in [-0.2, 0) is 16.7 Å². The van der Waals surface area contributed by atoms with Gasteiger partial charge in [0.25, 0.3) is 5.92 Å². The average Bonchev–Trinajstić information content (AvgIpc) is 2.81. The van der Waals surface area contributed by atoms with E-state index in [4.69, 9.17) is 5.11 Å². The Bertz CT molecular complexity index is 1200. The summed E-state index contributed by atoms with van der Waals surface area (Å²) in [6, 6.07) is 4.88. The predicted molar refractivity (Wildman–Crippen MR) is 122 cm³/mol. The molecule has 4 rings (SSSR count). The third kappa shape index (κ3) is 4.65. The molecule has 7 nitrogen and oxygen atoms in total. The molecule has 33 heavy (non-hydrogen) atoms. The van der Waals surface area contributed by atoms with Gasteiger partial charge in [-0.2, -0.15) is 13.9 Å². The Hall–Kier alpha value is -2.79. The molecule has 2 aromatic heterocycles. The Labute approximate surface area is 191 Å². The zero-order valence-corrected chi connectivity index (χ0v) is 19.0. The monoisotopic (exact) mass is 479 g/mol. The molecule has 1 saturated heterocycles. The number of aromatic nitrogens is 3. The van der Waals surface area contributed by atoms with Gasteiger partial charge in [0.1, 0.15) is 12.4 Å². The maximum Gasteiger partial charge on any atom is 0.298 e. The van der Waals surface area contributed by atoms with Crippen molar-refractivity contribution >= 4 is 33.2 Å². The largest absolute Gasteiger partial charge is 0.390 e. The molecule has 1 atom stereocenters. The summed E-state index contributed by atoms with van der Waals surface area (Å²) in [7, 11) is -0.812. The molecule has 1 aromatic carbocycles. The van der Waals surface area contributed by atoms with Gasteiger partial charge in [0.05, 0.1) is 34.7 Å². The van der Waals surface area contributed by atoms with Crippen molar-refractivity contribution in [3.8, 4) is 0 Å². The van der Waals surface area contributed by atoms with Gasteiger partial charge in [-0.05, 0) is 26.0 Å². The number of benzene rings is 1. The standard InChI is InChI=1S/C22H24F3N5O2S/c1-13(16-4-3-5-18(19(16)23)22(24,25)12-31)27-21-17-10-15(30-6-8-33(32)9-7-30)11-26-20(17)14(2)28-29-21/h3-5,10-11,13,31H,6-9,12H2,1-2H3,(H,27,29)/t13-/m1/s1. The molecule has 3 aromatic rings. The molecule has 1 fully saturated rings. The van der Waals surface area contributed by atoms with Gasteiger partial charge in [-0.25, -0.2) is 4.39 Å². The van der Waals surface area contributed by atoms with Crippen molar-refractivity contribution in [3.05, 3.63) is 53.1 Å². The molecule has 2 N–H and O–H groups in total. The highest BCUT2D eigenvalue weighted by atomic mass is 32.2. The second kappa shape index (κ2) is 9.22. The first-order valence-corrected chi connectivity index (χ1v) is 12.0. The molecule has 3 heterocycles. The van der Waals surface area contributed by atoms with Gasteiger partial charge in [0.2, 0.25) is 0 Å². The van der Waals surface area contributed by atoms with Crippen molar-refractivity contribution in [3.63, 3.8) is 0 Å². The number of hydrogen-bond donors (Lipinski definition) is 2. The molecular formula is C22H24F3N5O2S. The Balaban J connectivity index is 1.69. The third-order valence-corrected chi connectivity index (χ3v) is 7.03. The summed E-state index contributed by atoms with van der Waals surface area (Å²) in [6.45, 7) is 3.21. The summed E-state index contributed by atoms with van der Waals surface area (Å²) in [5, 5.41) is 21.0. The number of nitrogens with zero attached hydrogens (tertiary/aromatic N) is 4. The summed E-state index contributed by atoms with van der Waals surface area (Å²) >= 11 is 0. The summed E-state index contributed by atoms with van der Waals surface area (Å²) in [6.07, 6.45) is 1.73. The Morgan fingerprint density at radius 3 is 2.70 bits per heavy atom. The fourth-order valence-corrected chi connectivity index (χ4v) is 4.91. The SMILES string of the molecule is Cc1nnc(N[C@H](C)c2cccc(C(F)(F)CO)c2F)c2cc(N3CCS(=O)CC3)cnc12. The second-order valence-electron chi connectivity index (χ2n) is 8.00. The minimum Gasteiger partial charge on any atom is -0.390 e. The van der Waals surface area contributed by atoms with E-state index in [0.29, 0.717) is 47.0 Å². The van der Waals surface area contributed by atoms with Gasteiger partial charge in [-0.1, -0.05) is 12.1 Å². The molecule has 1 aliphatic heterocycles. The molecule has 0 saturated carbocycles. The van der Waals surface area contributed by atoms with Crippen LogP contribution in [0.3, 0.4) is 0 Å². The van der Waals surface area contributed by atoms with Gasteiger partial charge in [-0.15, -0.1) is 5.10 Å². The van der Waals surface area contributed by atoms with Gasteiger partial charge < -0.3 is 15.3 Å². The lowest BCUT2D eigenvalue weighted by atomic mass is 10.00. The summed E-state index contributed by atoms with van der Waals surface area (Å²) in [5.41, 5.74) is 1.23. The topological polar surface area (TPSA) is 91.2 Å². The Morgan fingerprint density at radius 2 is 2.00 bits per heavy atom. The summed E-state index contributed by atoms with van der Waals surface area (Å²) in [4.78, 5) is 6.62. The van der Waals surface area contributed by atoms with Crippen LogP contribution in [0.1, 0.15) is 29.8 Å². The number of anilines is 2. The summed E-state index contributed by atoms with van der Waals surface area (Å²) in [5.74, 6) is -3.26. The van der Waals surface area contributed by atoms with Crippen LogP contribution in [0.15, 0.2) is 30.5 Å². The number of aliphatic hydroxyl groups is 1. The number of aliphatic hydroxyl groups excluding tert-OH is 1. The molecule has 176 valence electrons. The molecular weight excluding hydrogens is 455 g/mol. The van der Waals surface area contributed by atoms with E-state index in [1.807, 2.05) is 6.07 Å². The smallest absolute Gasteiger partial charge is 0.298 e. The molecule has 0 bridgehead atoms. The van der Waals surface area contributed by atoms with Crippen molar-refractivity contribution in [2.24, 2.45) is 0 Å². The molecule has 11 heteroatoms. The Kier molecular flexibility index (Phi) is 6.53. The van der Waals surface area contributed by atoms with Crippen molar-refractivity contribution in [1.29, 1.82) is 0 Å². The zero-order valence-electron chi connectivity index (χ0n) is 18.2. The van der Waals surface area contributed by atoms with Crippen molar-refractivity contribution in [1.82, 2.24) is 15.2 Å². The first-order valence-electron chi connectivity index (χ1n) is 10.5. The average molecular weight is 480 g/mol. The van der Waals surface area contributed by atoms with E-state index in [9.17, 15) is 17.4 Å². The maximum atomic E-state index is 14.9. The van der Waals surface area contributed by atoms with Crippen LogP contribution in [0, 0.1) is 12.7 Å². The molecule has 1 aliphatic rings. The first-order chi connectivity index (χ1) is 15.7. The van der Waals surface area contributed by atoms with Gasteiger partial charge in [-0.3, -0.25) is 9.19 Å². The lowest BCUT2D eigenvalue weighted by Crippen LogP contribution is -2.37. The molecule has 0 aliphatic carbocycles. The quantitative estimate of drug-likeness (QED) is 0.561. The van der Waals surface area contributed by atoms with Crippen LogP contribution in [0.2, 0.25) is 0 Å². The second-order valence-corrected chi connectivity index (χ2v) is 9.69. The van der Waals surface area contributed by atoms with E-state index < -0.39 is 40.8 Å². The van der Waals surface area contributed by atoms with Gasteiger partial charge >= 0.3 is 0 Å². The van der Waals surface area contributed by atoms with Crippen LogP contribution in [0.25, 0.3) is 10.9 Å². The minimum absolute atomic E-state index is 0.0128. The number of fused-ring (bicyclic) bond motifs is 1. The fourth-order valence-electron chi connectivity index (χ4n) is 3.86. The van der Waals surface area contributed by atoms with Crippen LogP contribution in [0.4, 0.5) is 24.7 Å². The normalized spacial score (nSPS) is 16.2. The van der Waals surface area contributed by atoms with E-state index in [1.54, 1.807) is 20.0 Å². The number of nitrogens with one attached hydrogen (secondary N) is 1. The van der Waals surface area contributed by atoms with Crippen LogP contribution >= 0.6 is 0 Å². The van der Waals surface area contributed by atoms with E-state index in [1.165, 1.54) is 12.1 Å². The van der Waals surface area contributed by atoms with E-state index in [2.05, 4.69) is 25.4 Å². The van der Waals surface area contributed by atoms with Crippen molar-refractivity contribution in [2.45, 2.75) is 25.8 Å². The lowest BCUT2D eigenvalue weighted by molar-refractivity contribution is -0.0583. The van der Waals surface area contributed by atoms with E-state index in [0.717, 1.165) is 11.8 Å². The molecule has 0 unspecified atom stereocenters. The fraction of sp³-hybridized carbons (Fsp3) is 0.409. The minimum atomic E-state index is -3.69. The highest BCUT2D eigenvalue weighted by Gasteiger charge is 2.35. The maximum absolute atomic E-state index is 14.9. The van der Waals surface area contributed by atoms with Gasteiger partial charge in [0, 0.05) is 46.3 Å². The van der Waals surface area contributed by atoms with Gasteiger partial charge in [0.15, 0.2) is 5.82 Å². The molecule has 0 radical (unpaired) electrons. The number of pyridine rings is 1. The van der Waals surface area contributed by atoms with Crippen LogP contribution in [-0.4, -0.2) is 55.7 Å². The molecule has 0 spiro atoms. The molecule has 0 amide bonds. The predicted octanol–water partition coefficient (Wildman–Crippen LogP) is 3.30. The van der Waals surface area contributed by atoms with E-state index >= 15 is 0 Å².